The smallest absolute Gasteiger partial charge is 0.332 e. The molecule has 1 aromatic carbocycles. The Morgan fingerprint density at radius 1 is 1.12 bits per heavy atom. The summed E-state index contributed by atoms with van der Waals surface area (Å²) in [5, 5.41) is 0. The third-order valence-corrected chi connectivity index (χ3v) is 13.2. The first kappa shape index (κ1) is 23.9. The van der Waals surface area contributed by atoms with Crippen molar-refractivity contribution in [3.63, 3.8) is 0 Å². The second kappa shape index (κ2) is 10.0. The summed E-state index contributed by atoms with van der Waals surface area (Å²) >= 11 is 6.30. The Morgan fingerprint density at radius 2 is 1.82 bits per heavy atom. The van der Waals surface area contributed by atoms with E-state index in [-0.39, 0.29) is 34.9 Å². The number of carbonyl (C=O) groups excluding carboxylic acids is 3. The molecule has 33 heavy (non-hydrogen) atoms. The molecule has 1 aromatic rings. The number of ketones is 1. The maximum atomic E-state index is 14.1. The van der Waals surface area contributed by atoms with Gasteiger partial charge in [-0.3, -0.25) is 9.59 Å². The van der Waals surface area contributed by atoms with Crippen molar-refractivity contribution in [3.8, 4) is 0 Å². The van der Waals surface area contributed by atoms with Crippen LogP contribution in [0.3, 0.4) is 0 Å². The summed E-state index contributed by atoms with van der Waals surface area (Å²) in [7, 11) is 0. The molecule has 5 rings (SSSR count). The van der Waals surface area contributed by atoms with Crippen LogP contribution in [-0.2, 0) is 23.9 Å². The summed E-state index contributed by atoms with van der Waals surface area (Å²) in [5.41, 5.74) is 1.01. The van der Waals surface area contributed by atoms with Gasteiger partial charge in [0, 0.05) is 28.9 Å². The number of thioether (sulfide) groups is 4. The molecule has 4 aliphatic heterocycles. The molecule has 4 fully saturated rings. The molecule has 1 unspecified atom stereocenters. The van der Waals surface area contributed by atoms with Crippen LogP contribution in [0.1, 0.15) is 24.9 Å². The highest BCUT2D eigenvalue weighted by Crippen LogP contribution is 2.57. The van der Waals surface area contributed by atoms with Crippen LogP contribution in [-0.4, -0.2) is 73.7 Å². The van der Waals surface area contributed by atoms with Crippen LogP contribution in [0.2, 0.25) is 0 Å². The average molecular weight is 526 g/mol. The summed E-state index contributed by atoms with van der Waals surface area (Å²) in [6.45, 7) is 2.47. The van der Waals surface area contributed by atoms with Crippen molar-refractivity contribution in [3.05, 3.63) is 35.9 Å². The lowest BCUT2D eigenvalue weighted by Gasteiger charge is -2.46. The number of rotatable bonds is 6. The first-order chi connectivity index (χ1) is 16.1. The molecule has 6 nitrogen and oxygen atoms in total. The van der Waals surface area contributed by atoms with Gasteiger partial charge in [-0.2, -0.15) is 0 Å². The van der Waals surface area contributed by atoms with Gasteiger partial charge in [0.05, 0.1) is 19.3 Å². The molecule has 0 aromatic heterocycles. The van der Waals surface area contributed by atoms with Crippen LogP contribution < -0.4 is 0 Å². The van der Waals surface area contributed by atoms with Crippen LogP contribution in [0.4, 0.5) is 0 Å². The van der Waals surface area contributed by atoms with Crippen LogP contribution in [0.5, 0.6) is 0 Å². The summed E-state index contributed by atoms with van der Waals surface area (Å²) in [5.74, 6) is 1.53. The molecule has 0 N–H and O–H groups in total. The van der Waals surface area contributed by atoms with E-state index >= 15 is 0 Å². The minimum Gasteiger partial charge on any atom is -0.464 e. The number of nitrogens with zero attached hydrogens (tertiary/aromatic N) is 1. The number of carbonyl (C=O) groups is 3. The van der Waals surface area contributed by atoms with Crippen LogP contribution in [0.25, 0.3) is 0 Å². The van der Waals surface area contributed by atoms with E-state index in [2.05, 4.69) is 0 Å². The van der Waals surface area contributed by atoms with Gasteiger partial charge < -0.3 is 14.4 Å². The van der Waals surface area contributed by atoms with E-state index in [1.54, 1.807) is 35.3 Å². The predicted octanol–water partition coefficient (Wildman–Crippen LogP) is 3.66. The zero-order valence-electron chi connectivity index (χ0n) is 18.3. The van der Waals surface area contributed by atoms with E-state index < -0.39 is 22.1 Å². The Labute approximate surface area is 211 Å². The Balaban J connectivity index is 1.53. The van der Waals surface area contributed by atoms with E-state index in [0.717, 1.165) is 28.6 Å². The Bertz CT molecular complexity index is 903. The zero-order chi connectivity index (χ0) is 23.0. The van der Waals surface area contributed by atoms with Crippen LogP contribution in [0, 0.1) is 11.8 Å². The van der Waals surface area contributed by atoms with Crippen molar-refractivity contribution in [1.82, 2.24) is 4.90 Å². The van der Waals surface area contributed by atoms with E-state index in [0.29, 0.717) is 13.0 Å². The number of esters is 1. The number of benzene rings is 1. The van der Waals surface area contributed by atoms with Gasteiger partial charge in [0.1, 0.15) is 16.7 Å². The summed E-state index contributed by atoms with van der Waals surface area (Å²) in [6.07, 6.45) is 0.0283. The molecule has 0 spiro atoms. The number of hydrogen-bond acceptors (Lipinski definition) is 9. The maximum absolute atomic E-state index is 14.1. The number of piperidine rings is 1. The van der Waals surface area contributed by atoms with E-state index in [9.17, 15) is 14.4 Å². The van der Waals surface area contributed by atoms with Gasteiger partial charge >= 0.3 is 5.97 Å². The number of amides is 1. The van der Waals surface area contributed by atoms with Crippen LogP contribution >= 0.6 is 47.0 Å². The molecule has 4 heterocycles. The second-order valence-corrected chi connectivity index (χ2v) is 14.0. The molecule has 1 amide bonds. The lowest BCUT2D eigenvalue weighted by atomic mass is 9.78. The molecule has 0 bridgehead atoms. The fourth-order valence-corrected chi connectivity index (χ4v) is 11.3. The monoisotopic (exact) mass is 525 g/mol. The number of ether oxygens (including phenoxy) is 2. The van der Waals surface area contributed by atoms with Crippen molar-refractivity contribution in [2.75, 3.05) is 36.2 Å². The van der Waals surface area contributed by atoms with Crippen molar-refractivity contribution in [2.45, 2.75) is 34.3 Å². The third kappa shape index (κ3) is 4.24. The molecule has 0 aliphatic carbocycles. The lowest BCUT2D eigenvalue weighted by molar-refractivity contribution is -0.159. The summed E-state index contributed by atoms with van der Waals surface area (Å²) in [4.78, 5) is 43.0. The molecular weight excluding hydrogens is 499 g/mol. The minimum absolute atomic E-state index is 0.0496. The number of fused-ring (bicyclic) bond motifs is 1. The molecule has 4 saturated heterocycles. The first-order valence-corrected chi connectivity index (χ1v) is 15.3. The average Bonchev–Trinajstić information content (AvgIpc) is 3.60. The van der Waals surface area contributed by atoms with Crippen LogP contribution in [0.15, 0.2) is 30.3 Å². The van der Waals surface area contributed by atoms with Crippen molar-refractivity contribution >= 4 is 64.7 Å². The van der Waals surface area contributed by atoms with E-state index in [1.807, 2.05) is 30.3 Å². The second-order valence-electron chi connectivity index (χ2n) is 8.34. The van der Waals surface area contributed by atoms with Gasteiger partial charge in [-0.15, -0.1) is 47.0 Å². The van der Waals surface area contributed by atoms with Crippen molar-refractivity contribution < 1.29 is 23.9 Å². The first-order valence-electron chi connectivity index (χ1n) is 11.3. The SMILES string of the molecule is CCOC(=O)C1([C@H]2C[C@@H]3OC[C@@H](c4ccccc4)N3C(=O)C2C(=O)C2SCCS2)SCCS1. The van der Waals surface area contributed by atoms with Gasteiger partial charge in [-0.1, -0.05) is 30.3 Å². The number of Topliss-reactive ketones (excluding diaryl/α,β-unsaturated/α-hetero) is 1. The highest BCUT2D eigenvalue weighted by atomic mass is 32.2. The standard InChI is InChI=1S/C23H27NO5S4/c1-2-28-22(27)23(32-10-11-33-23)15-12-17-24(16(13-29-17)14-6-4-3-5-7-14)20(26)18(15)19(25)21-30-8-9-31-21/h3-7,15-18,21H,2,8-13H2,1H3/t15-,16-,17-,18?/m0/s1. The fraction of sp³-hybridized carbons (Fsp3) is 0.609. The quantitative estimate of drug-likeness (QED) is 0.409. The summed E-state index contributed by atoms with van der Waals surface area (Å²) in [6, 6.07) is 9.64. The Kier molecular flexibility index (Phi) is 7.28. The van der Waals surface area contributed by atoms with E-state index in [4.69, 9.17) is 9.47 Å². The molecule has 178 valence electrons. The molecule has 0 saturated carbocycles. The van der Waals surface area contributed by atoms with Gasteiger partial charge in [0.2, 0.25) is 5.91 Å². The minimum atomic E-state index is -0.944. The molecule has 4 aliphatic rings. The Hall–Kier alpha value is -0.810. The molecule has 10 heteroatoms. The maximum Gasteiger partial charge on any atom is 0.332 e. The molecular formula is C23H27NO5S4. The van der Waals surface area contributed by atoms with E-state index in [1.165, 1.54) is 23.5 Å². The van der Waals surface area contributed by atoms with Crippen molar-refractivity contribution in [2.24, 2.45) is 11.8 Å². The van der Waals surface area contributed by atoms with Gasteiger partial charge in [-0.25, -0.2) is 4.79 Å². The normalized spacial score (nSPS) is 31.5. The van der Waals surface area contributed by atoms with Crippen molar-refractivity contribution in [1.29, 1.82) is 0 Å². The molecule has 0 radical (unpaired) electrons. The highest BCUT2D eigenvalue weighted by molar-refractivity contribution is 8.22. The fourth-order valence-electron chi connectivity index (χ4n) is 5.17. The molecule has 4 atom stereocenters. The van der Waals surface area contributed by atoms with Gasteiger partial charge in [0.15, 0.2) is 9.86 Å². The number of hydrogen-bond donors (Lipinski definition) is 0. The highest BCUT2D eigenvalue weighted by Gasteiger charge is 2.62. The van der Waals surface area contributed by atoms with Gasteiger partial charge in [-0.05, 0) is 18.9 Å². The third-order valence-electron chi connectivity index (χ3n) is 6.58. The zero-order valence-corrected chi connectivity index (χ0v) is 21.6. The lowest BCUT2D eigenvalue weighted by Crippen LogP contribution is -2.59. The summed E-state index contributed by atoms with van der Waals surface area (Å²) < 4.78 is 10.4. The largest absolute Gasteiger partial charge is 0.464 e. The Morgan fingerprint density at radius 3 is 2.48 bits per heavy atom. The predicted molar refractivity (Wildman–Crippen MR) is 135 cm³/mol. The van der Waals surface area contributed by atoms with Gasteiger partial charge in [0.25, 0.3) is 0 Å². The topological polar surface area (TPSA) is 72.9 Å².